The summed E-state index contributed by atoms with van der Waals surface area (Å²) in [6, 6.07) is 1.41. The number of esters is 1. The number of methoxy groups -OCH3 is 2. The molecule has 0 unspecified atom stereocenters. The summed E-state index contributed by atoms with van der Waals surface area (Å²) >= 11 is 3.00. The average Bonchev–Trinajstić information content (AvgIpc) is 2.31. The number of pyridine rings is 1. The summed E-state index contributed by atoms with van der Waals surface area (Å²) in [4.78, 5) is 14.7. The monoisotopic (exact) mass is 309 g/mol. The quantitative estimate of drug-likeness (QED) is 0.802. The first-order valence-corrected chi connectivity index (χ1v) is 5.37. The number of carbonyl (C=O) groups excluding carboxylic acids is 1. The van der Waals surface area contributed by atoms with Crippen LogP contribution in [0.5, 0.6) is 5.88 Å². The Kier molecular flexibility index (Phi) is 4.80. The van der Waals surface area contributed by atoms with E-state index in [4.69, 9.17) is 4.74 Å². The number of ether oxygens (including phenoxy) is 2. The standard InChI is InChI=1S/C10H10BrF2NO3/c1-16-6-3-5(4-7(15)17-2)8(11)9(14-6)10(12)13/h3,10H,4H2,1-2H3. The van der Waals surface area contributed by atoms with Gasteiger partial charge in [-0.25, -0.2) is 13.8 Å². The Morgan fingerprint density at radius 2 is 2.18 bits per heavy atom. The highest BCUT2D eigenvalue weighted by atomic mass is 79.9. The smallest absolute Gasteiger partial charge is 0.310 e. The van der Waals surface area contributed by atoms with Crippen LogP contribution in [0.25, 0.3) is 0 Å². The highest BCUT2D eigenvalue weighted by Crippen LogP contribution is 2.31. The van der Waals surface area contributed by atoms with Crippen molar-refractivity contribution in [3.8, 4) is 5.88 Å². The van der Waals surface area contributed by atoms with Crippen LogP contribution in [0.15, 0.2) is 10.5 Å². The highest BCUT2D eigenvalue weighted by molar-refractivity contribution is 9.10. The Balaban J connectivity index is 3.19. The van der Waals surface area contributed by atoms with E-state index < -0.39 is 18.1 Å². The lowest BCUT2D eigenvalue weighted by atomic mass is 10.1. The van der Waals surface area contributed by atoms with E-state index in [9.17, 15) is 13.6 Å². The lowest BCUT2D eigenvalue weighted by Gasteiger charge is -2.10. The molecule has 0 fully saturated rings. The second-order valence-corrected chi connectivity index (χ2v) is 3.87. The van der Waals surface area contributed by atoms with Crippen LogP contribution in [0, 0.1) is 0 Å². The number of nitrogens with zero attached hydrogens (tertiary/aromatic N) is 1. The number of halogens is 3. The van der Waals surface area contributed by atoms with Crippen LogP contribution in [0.1, 0.15) is 17.7 Å². The molecule has 0 saturated carbocycles. The van der Waals surface area contributed by atoms with E-state index in [0.717, 1.165) is 0 Å². The molecule has 0 aliphatic rings. The minimum Gasteiger partial charge on any atom is -0.481 e. The van der Waals surface area contributed by atoms with Gasteiger partial charge in [0, 0.05) is 10.5 Å². The van der Waals surface area contributed by atoms with Crippen molar-refractivity contribution in [2.24, 2.45) is 0 Å². The van der Waals surface area contributed by atoms with Crippen LogP contribution in [0.4, 0.5) is 8.78 Å². The lowest BCUT2D eigenvalue weighted by Crippen LogP contribution is -2.08. The molecule has 4 nitrogen and oxygen atoms in total. The fraction of sp³-hybridized carbons (Fsp3) is 0.400. The van der Waals surface area contributed by atoms with Gasteiger partial charge in [0.15, 0.2) is 0 Å². The zero-order valence-electron chi connectivity index (χ0n) is 9.17. The Labute approximate surface area is 105 Å². The minimum absolute atomic E-state index is 0.0300. The molecule has 1 aromatic rings. The van der Waals surface area contributed by atoms with E-state index in [1.165, 1.54) is 20.3 Å². The molecule has 0 aliphatic carbocycles. The third-order valence-electron chi connectivity index (χ3n) is 2.01. The first-order valence-electron chi connectivity index (χ1n) is 4.57. The molecule has 7 heteroatoms. The molecule has 0 aliphatic heterocycles. The van der Waals surface area contributed by atoms with Gasteiger partial charge in [0.1, 0.15) is 5.69 Å². The van der Waals surface area contributed by atoms with Crippen molar-refractivity contribution in [2.45, 2.75) is 12.8 Å². The number of alkyl halides is 2. The number of aromatic nitrogens is 1. The fourth-order valence-corrected chi connectivity index (χ4v) is 1.70. The molecule has 0 N–H and O–H groups in total. The van der Waals surface area contributed by atoms with Crippen molar-refractivity contribution < 1.29 is 23.0 Å². The molecule has 0 bridgehead atoms. The summed E-state index contributed by atoms with van der Waals surface area (Å²) in [6.45, 7) is 0. The van der Waals surface area contributed by atoms with Crippen molar-refractivity contribution in [3.63, 3.8) is 0 Å². The molecule has 94 valence electrons. The second-order valence-electron chi connectivity index (χ2n) is 3.08. The van der Waals surface area contributed by atoms with E-state index >= 15 is 0 Å². The van der Waals surface area contributed by atoms with Crippen LogP contribution in [-0.4, -0.2) is 25.2 Å². The maximum absolute atomic E-state index is 12.7. The van der Waals surface area contributed by atoms with Crippen molar-refractivity contribution >= 4 is 21.9 Å². The molecule has 1 heterocycles. The van der Waals surface area contributed by atoms with Gasteiger partial charge >= 0.3 is 5.97 Å². The van der Waals surface area contributed by atoms with Crippen molar-refractivity contribution in [1.29, 1.82) is 0 Å². The summed E-state index contributed by atoms with van der Waals surface area (Å²) in [7, 11) is 2.54. The molecule has 0 amide bonds. The van der Waals surface area contributed by atoms with Crippen LogP contribution in [0.2, 0.25) is 0 Å². The van der Waals surface area contributed by atoms with Crippen molar-refractivity contribution in [1.82, 2.24) is 4.98 Å². The van der Waals surface area contributed by atoms with E-state index in [1.54, 1.807) is 0 Å². The van der Waals surface area contributed by atoms with Crippen LogP contribution in [0.3, 0.4) is 0 Å². The predicted octanol–water partition coefficient (Wildman–Crippen LogP) is 2.51. The minimum atomic E-state index is -2.75. The summed E-state index contributed by atoms with van der Waals surface area (Å²) in [5.41, 5.74) is -0.109. The Morgan fingerprint density at radius 1 is 1.53 bits per heavy atom. The molecular weight excluding hydrogens is 300 g/mol. The van der Waals surface area contributed by atoms with Gasteiger partial charge in [-0.05, 0) is 21.5 Å². The topological polar surface area (TPSA) is 48.4 Å². The van der Waals surface area contributed by atoms with Gasteiger partial charge in [-0.15, -0.1) is 0 Å². The average molecular weight is 310 g/mol. The number of hydrogen-bond donors (Lipinski definition) is 0. The first-order chi connectivity index (χ1) is 7.99. The number of carbonyl (C=O) groups is 1. The van der Waals surface area contributed by atoms with Gasteiger partial charge in [0.2, 0.25) is 5.88 Å². The predicted molar refractivity (Wildman–Crippen MR) is 59.2 cm³/mol. The molecule has 0 spiro atoms. The molecule has 0 radical (unpaired) electrons. The van der Waals surface area contributed by atoms with Gasteiger partial charge < -0.3 is 9.47 Å². The molecule has 0 aromatic carbocycles. The van der Waals surface area contributed by atoms with E-state index in [1.807, 2.05) is 0 Å². The Bertz CT molecular complexity index is 426. The maximum atomic E-state index is 12.7. The van der Waals surface area contributed by atoms with Crippen molar-refractivity contribution in [2.75, 3.05) is 14.2 Å². The SMILES string of the molecule is COC(=O)Cc1cc(OC)nc(C(F)F)c1Br. The Hall–Kier alpha value is -1.24. The van der Waals surface area contributed by atoms with Crippen LogP contribution < -0.4 is 4.74 Å². The first kappa shape index (κ1) is 13.8. The molecule has 0 atom stereocenters. The van der Waals surface area contributed by atoms with Crippen molar-refractivity contribution in [3.05, 3.63) is 21.8 Å². The fourth-order valence-electron chi connectivity index (χ4n) is 1.18. The Morgan fingerprint density at radius 3 is 2.65 bits per heavy atom. The third kappa shape index (κ3) is 3.36. The van der Waals surface area contributed by atoms with E-state index in [0.29, 0.717) is 5.56 Å². The summed E-state index contributed by atoms with van der Waals surface area (Å²) in [6.07, 6.45) is -2.88. The van der Waals surface area contributed by atoms with Gasteiger partial charge in [0.05, 0.1) is 20.6 Å². The normalized spacial score (nSPS) is 10.5. The van der Waals surface area contributed by atoms with Crippen LogP contribution >= 0.6 is 15.9 Å². The number of rotatable bonds is 4. The summed E-state index contributed by atoms with van der Waals surface area (Å²) in [5, 5.41) is 0. The lowest BCUT2D eigenvalue weighted by molar-refractivity contribution is -0.139. The van der Waals surface area contributed by atoms with Gasteiger partial charge in [-0.1, -0.05) is 0 Å². The third-order valence-corrected chi connectivity index (χ3v) is 2.93. The zero-order chi connectivity index (χ0) is 13.0. The number of hydrogen-bond acceptors (Lipinski definition) is 4. The maximum Gasteiger partial charge on any atom is 0.310 e. The van der Waals surface area contributed by atoms with E-state index in [-0.39, 0.29) is 16.8 Å². The largest absolute Gasteiger partial charge is 0.481 e. The molecule has 0 saturated heterocycles. The second kappa shape index (κ2) is 5.90. The molecule has 1 aromatic heterocycles. The van der Waals surface area contributed by atoms with E-state index in [2.05, 4.69) is 25.7 Å². The van der Waals surface area contributed by atoms with Gasteiger partial charge in [-0.2, -0.15) is 0 Å². The molecular formula is C10H10BrF2NO3. The van der Waals surface area contributed by atoms with Gasteiger partial charge in [0.25, 0.3) is 6.43 Å². The molecule has 1 rings (SSSR count). The van der Waals surface area contributed by atoms with Crippen LogP contribution in [-0.2, 0) is 16.0 Å². The highest BCUT2D eigenvalue weighted by Gasteiger charge is 2.20. The summed E-state index contributed by atoms with van der Waals surface area (Å²) < 4.78 is 34.7. The molecule has 17 heavy (non-hydrogen) atoms. The van der Waals surface area contributed by atoms with Gasteiger partial charge in [-0.3, -0.25) is 4.79 Å². The summed E-state index contributed by atoms with van der Waals surface area (Å²) in [5.74, 6) is -0.499. The zero-order valence-corrected chi connectivity index (χ0v) is 10.8.